The third-order valence-electron chi connectivity index (χ3n) is 10.5. The molecule has 0 N–H and O–H groups in total. The van der Waals surface area contributed by atoms with Crippen molar-refractivity contribution >= 4 is 60.8 Å². The first-order valence-electron chi connectivity index (χ1n) is 17.3. The van der Waals surface area contributed by atoms with Crippen LogP contribution in [0.2, 0.25) is 0 Å². The summed E-state index contributed by atoms with van der Waals surface area (Å²) in [5.74, 6) is -23.9. The smallest absolute Gasteiger partial charge is 0.237 e. The quantitative estimate of drug-likeness (QED) is 0.0505. The van der Waals surface area contributed by atoms with E-state index in [1.165, 1.54) is 12.1 Å². The molecule has 0 unspecified atom stereocenters. The summed E-state index contributed by atoms with van der Waals surface area (Å²) in [5, 5.41) is 2.25. The second-order valence-electron chi connectivity index (χ2n) is 14.3. The molecule has 7 rings (SSSR count). The summed E-state index contributed by atoms with van der Waals surface area (Å²) in [5.41, 5.74) is 3.70. The van der Waals surface area contributed by atoms with Gasteiger partial charge in [0.25, 0.3) is 0 Å². The molecule has 6 aromatic rings. The monoisotopic (exact) mass is 786 g/mol. The lowest BCUT2D eigenvalue weighted by Crippen LogP contribution is -2.57. The van der Waals surface area contributed by atoms with Gasteiger partial charge in [0.2, 0.25) is 0 Å². The average Bonchev–Trinajstić information content (AvgIpc) is 3.13. The van der Waals surface area contributed by atoms with Gasteiger partial charge in [0.15, 0.2) is 46.5 Å². The molecule has 14 heteroatoms. The molecule has 0 aliphatic heterocycles. The largest absolute Gasteiger partial charge is 0.383 e. The Hall–Kier alpha value is -4.76. The van der Waals surface area contributed by atoms with Crippen LogP contribution in [0.3, 0.4) is 0 Å². The molecule has 4 radical (unpaired) electrons. The first-order chi connectivity index (χ1) is 26.3. The van der Waals surface area contributed by atoms with Crippen molar-refractivity contribution in [3.63, 3.8) is 0 Å². The lowest BCUT2D eigenvalue weighted by molar-refractivity contribution is 0.383. The van der Waals surface area contributed by atoms with E-state index < -0.39 is 82.8 Å². The summed E-state index contributed by atoms with van der Waals surface area (Å²) >= 11 is 0. The Morgan fingerprint density at radius 2 is 0.857 bits per heavy atom. The maximum absolute atomic E-state index is 15.8. The van der Waals surface area contributed by atoms with Crippen molar-refractivity contribution in [1.29, 1.82) is 0 Å². The second kappa shape index (κ2) is 14.0. The highest BCUT2D eigenvalue weighted by Crippen LogP contribution is 2.59. The zero-order chi connectivity index (χ0) is 40.9. The molecule has 0 atom stereocenters. The molecular formula is C42H28B3F10P. The molecule has 0 bridgehead atoms. The van der Waals surface area contributed by atoms with E-state index in [2.05, 4.69) is 0 Å². The molecule has 0 saturated heterocycles. The number of benzene rings is 6. The molecule has 56 heavy (non-hydrogen) atoms. The maximum Gasteiger partial charge on any atom is 0.383 e. The maximum atomic E-state index is 15.8. The normalized spacial score (nSPS) is 12.2. The number of fused-ring (bicyclic) bond motifs is 4. The van der Waals surface area contributed by atoms with Crippen LogP contribution in [0.25, 0.3) is 22.3 Å². The number of halogens is 10. The van der Waals surface area contributed by atoms with Crippen LogP contribution in [0, 0.1) is 99.7 Å². The third-order valence-corrected chi connectivity index (χ3v) is 14.5. The lowest BCUT2D eigenvalue weighted by Gasteiger charge is -2.40. The van der Waals surface area contributed by atoms with E-state index in [1.54, 1.807) is 24.3 Å². The van der Waals surface area contributed by atoms with E-state index in [4.69, 9.17) is 7.57 Å². The minimum Gasteiger partial charge on any atom is -0.237 e. The van der Waals surface area contributed by atoms with Gasteiger partial charge in [-0.25, -0.2) is 49.4 Å². The summed E-state index contributed by atoms with van der Waals surface area (Å²) in [6.07, 6.45) is 0. The van der Waals surface area contributed by atoms with Gasteiger partial charge in [-0.2, -0.15) is 5.46 Å². The van der Waals surface area contributed by atoms with Gasteiger partial charge in [-0.15, -0.1) is 6.07 Å². The standard InChI is InChI=1S/C42H28B3F10P/c1-17-13-19(3)41(20(4)14-17)56(43,42-21(5)15-18(2)16-22(42)6)26-12-8-10-24-23-9-7-11-25(27(23)28(24)26)45(30-33(48)37(52)40(55)38(53)34(30)49)44-29-31(46)35(50)39(54)36(51)32(29)47/h7-16H,1-6H3. The fraction of sp³-hybridized carbons (Fsp3) is 0.143. The molecule has 0 fully saturated rings. The van der Waals surface area contributed by atoms with Crippen LogP contribution in [0.15, 0.2) is 60.7 Å². The molecule has 0 amide bonds. The third kappa shape index (κ3) is 5.75. The molecule has 6 aromatic carbocycles. The van der Waals surface area contributed by atoms with Crippen LogP contribution in [-0.2, 0) is 0 Å². The Kier molecular flexibility index (Phi) is 9.88. The summed E-state index contributed by atoms with van der Waals surface area (Å²) in [4.78, 5) is 0. The first-order valence-corrected chi connectivity index (χ1v) is 19.2. The van der Waals surface area contributed by atoms with Crippen molar-refractivity contribution in [1.82, 2.24) is 0 Å². The fourth-order valence-electron chi connectivity index (χ4n) is 8.56. The van der Waals surface area contributed by atoms with Gasteiger partial charge in [0.05, 0.1) is 23.1 Å². The zero-order valence-electron chi connectivity index (χ0n) is 30.7. The zero-order valence-corrected chi connectivity index (χ0v) is 31.6. The van der Waals surface area contributed by atoms with E-state index >= 15 is 17.6 Å². The van der Waals surface area contributed by atoms with Crippen molar-refractivity contribution in [2.75, 3.05) is 0 Å². The Balaban J connectivity index is 1.58. The van der Waals surface area contributed by atoms with E-state index in [-0.39, 0.29) is 18.2 Å². The molecule has 1 aliphatic carbocycles. The van der Waals surface area contributed by atoms with E-state index in [0.717, 1.165) is 44.0 Å². The minimum atomic E-state index is -3.24. The highest BCUT2D eigenvalue weighted by molar-refractivity contribution is 8.14. The summed E-state index contributed by atoms with van der Waals surface area (Å²) < 4.78 is 150. The molecule has 0 nitrogen and oxygen atoms in total. The Bertz CT molecular complexity index is 2520. The van der Waals surface area contributed by atoms with Gasteiger partial charge in [-0.1, -0.05) is 78.9 Å². The molecule has 0 spiro atoms. The molecule has 0 aromatic heterocycles. The van der Waals surface area contributed by atoms with Gasteiger partial charge in [0, 0.05) is 5.56 Å². The summed E-state index contributed by atoms with van der Waals surface area (Å²) in [6, 6.07) is 17.6. The van der Waals surface area contributed by atoms with E-state index in [1.807, 2.05) is 65.8 Å². The van der Waals surface area contributed by atoms with Crippen LogP contribution in [0.5, 0.6) is 0 Å². The van der Waals surface area contributed by atoms with Gasteiger partial charge in [-0.3, -0.25) is 0 Å². The average molecular weight is 786 g/mol. The predicted molar refractivity (Wildman–Crippen MR) is 207 cm³/mol. The molecular weight excluding hydrogens is 758 g/mol. The van der Waals surface area contributed by atoms with E-state index in [0.29, 0.717) is 22.0 Å². The number of hydrogen-bond donors (Lipinski definition) is 0. The van der Waals surface area contributed by atoms with Gasteiger partial charge in [-0.05, 0) is 86.6 Å². The molecule has 0 heterocycles. The predicted octanol–water partition coefficient (Wildman–Crippen LogP) is 8.09. The number of hydrogen-bond acceptors (Lipinski definition) is 0. The highest BCUT2D eigenvalue weighted by atomic mass is 31.2. The lowest BCUT2D eigenvalue weighted by atomic mass is 9.14. The summed E-state index contributed by atoms with van der Waals surface area (Å²) in [6.45, 7) is 9.33. The van der Waals surface area contributed by atoms with Crippen molar-refractivity contribution in [2.45, 2.75) is 41.5 Å². The molecule has 280 valence electrons. The molecule has 0 saturated carbocycles. The minimum absolute atomic E-state index is 0.187. The van der Waals surface area contributed by atoms with Crippen molar-refractivity contribution < 1.29 is 43.9 Å². The van der Waals surface area contributed by atoms with Crippen LogP contribution < -0.4 is 32.3 Å². The summed E-state index contributed by atoms with van der Waals surface area (Å²) in [7, 11) is 4.95. The Morgan fingerprint density at radius 3 is 1.30 bits per heavy atom. The van der Waals surface area contributed by atoms with Crippen LogP contribution >= 0.6 is 7.14 Å². The topological polar surface area (TPSA) is 0 Å². The van der Waals surface area contributed by atoms with Gasteiger partial charge < -0.3 is 0 Å². The second-order valence-corrected chi connectivity index (χ2v) is 17.1. The van der Waals surface area contributed by atoms with Crippen molar-refractivity contribution in [2.24, 2.45) is 0 Å². The van der Waals surface area contributed by atoms with Crippen molar-refractivity contribution in [3.05, 3.63) is 152 Å². The Labute approximate surface area is 320 Å². The van der Waals surface area contributed by atoms with Gasteiger partial charge in [0.1, 0.15) is 11.6 Å². The first kappa shape index (κ1) is 39.5. The number of aryl methyl sites for hydroxylation is 6. The SMILES string of the molecule is [B][P+](c1cccc2c1-c1c([B-]([B]c3c(F)c(F)c(F)c(F)c3F)c3c(F)c(F)c(F)c(F)c3F)cccc1-2)(c1c(C)cc(C)cc1C)c1c(C)cc(C)cc1C. The van der Waals surface area contributed by atoms with Crippen LogP contribution in [-0.4, -0.2) is 21.3 Å². The molecule has 1 aliphatic rings. The van der Waals surface area contributed by atoms with E-state index in [9.17, 15) is 26.3 Å². The van der Waals surface area contributed by atoms with Crippen LogP contribution in [0.1, 0.15) is 33.4 Å². The highest BCUT2D eigenvalue weighted by Gasteiger charge is 2.48. The Morgan fingerprint density at radius 1 is 0.482 bits per heavy atom. The fourth-order valence-corrected chi connectivity index (χ4v) is 12.7. The van der Waals surface area contributed by atoms with Gasteiger partial charge >= 0.3 is 7.57 Å². The number of rotatable bonds is 7. The van der Waals surface area contributed by atoms with Crippen molar-refractivity contribution in [3.8, 4) is 22.3 Å². The van der Waals surface area contributed by atoms with Crippen LogP contribution in [0.4, 0.5) is 43.9 Å².